The smallest absolute Gasteiger partial charge is 0.225 e. The lowest BCUT2D eigenvalue weighted by Gasteiger charge is -2.30. The molecule has 2 heterocycles. The highest BCUT2D eigenvalue weighted by molar-refractivity contribution is 5.89. The molecule has 2 aliphatic rings. The average Bonchev–Trinajstić information content (AvgIpc) is 3.17. The summed E-state index contributed by atoms with van der Waals surface area (Å²) < 4.78 is 5.31. The van der Waals surface area contributed by atoms with Crippen LogP contribution in [0.5, 0.6) is 0 Å². The molecule has 1 unspecified atom stereocenters. The highest BCUT2D eigenvalue weighted by Crippen LogP contribution is 2.31. The van der Waals surface area contributed by atoms with Crippen LogP contribution in [0, 0.1) is 5.92 Å². The molecule has 0 spiro atoms. The number of hydrogen-bond acceptors (Lipinski definition) is 4. The molecule has 0 aromatic carbocycles. The van der Waals surface area contributed by atoms with Crippen molar-refractivity contribution in [1.29, 1.82) is 0 Å². The van der Waals surface area contributed by atoms with Gasteiger partial charge >= 0.3 is 0 Å². The van der Waals surface area contributed by atoms with E-state index in [0.717, 1.165) is 31.2 Å². The lowest BCUT2D eigenvalue weighted by atomic mass is 9.96. The molecule has 6 nitrogen and oxygen atoms in total. The zero-order valence-corrected chi connectivity index (χ0v) is 14.2. The van der Waals surface area contributed by atoms with Gasteiger partial charge in [0.2, 0.25) is 11.8 Å². The first-order chi connectivity index (χ1) is 11.6. The van der Waals surface area contributed by atoms with Crippen LogP contribution in [-0.4, -0.2) is 47.5 Å². The van der Waals surface area contributed by atoms with E-state index < -0.39 is 0 Å². The molecule has 1 aliphatic carbocycles. The van der Waals surface area contributed by atoms with Gasteiger partial charge in [-0.1, -0.05) is 18.9 Å². The van der Waals surface area contributed by atoms with Crippen molar-refractivity contribution in [1.82, 2.24) is 15.2 Å². The number of rotatable bonds is 6. The highest BCUT2D eigenvalue weighted by Gasteiger charge is 2.40. The Labute approximate surface area is 142 Å². The van der Waals surface area contributed by atoms with Crippen LogP contribution in [0.1, 0.15) is 37.7 Å². The molecule has 1 aromatic rings. The molecule has 1 saturated carbocycles. The zero-order chi connectivity index (χ0) is 17.0. The summed E-state index contributed by atoms with van der Waals surface area (Å²) in [5.41, 5.74) is 0.740. The van der Waals surface area contributed by atoms with E-state index in [0.29, 0.717) is 19.7 Å². The van der Waals surface area contributed by atoms with E-state index in [2.05, 4.69) is 10.3 Å². The van der Waals surface area contributed by atoms with Crippen LogP contribution in [0.25, 0.3) is 0 Å². The molecule has 1 aliphatic heterocycles. The second-order valence-electron chi connectivity index (χ2n) is 6.95. The normalized spacial score (nSPS) is 22.8. The Morgan fingerprint density at radius 2 is 2.25 bits per heavy atom. The predicted octanol–water partition coefficient (Wildman–Crippen LogP) is 1.51. The Bertz CT molecular complexity index is 584. The van der Waals surface area contributed by atoms with Crippen molar-refractivity contribution >= 4 is 11.8 Å². The number of hydrogen-bond donors (Lipinski definition) is 1. The molecule has 1 N–H and O–H groups in total. The van der Waals surface area contributed by atoms with Gasteiger partial charge in [-0.3, -0.25) is 14.6 Å². The minimum atomic E-state index is -0.275. The Hall–Kier alpha value is -1.95. The number of carbonyl (C=O) groups is 2. The molecule has 1 aromatic heterocycles. The number of carbonyl (C=O) groups excluding carboxylic acids is 2. The maximum Gasteiger partial charge on any atom is 0.225 e. The van der Waals surface area contributed by atoms with Crippen LogP contribution >= 0.6 is 0 Å². The Balaban J connectivity index is 1.59. The van der Waals surface area contributed by atoms with Gasteiger partial charge in [0.25, 0.3) is 0 Å². The molecule has 2 amide bonds. The number of nitrogens with zero attached hydrogens (tertiary/aromatic N) is 2. The van der Waals surface area contributed by atoms with Gasteiger partial charge in [0.1, 0.15) is 0 Å². The van der Waals surface area contributed by atoms with Crippen LogP contribution in [0.15, 0.2) is 24.5 Å². The molecule has 130 valence electrons. The summed E-state index contributed by atoms with van der Waals surface area (Å²) >= 11 is 0. The number of ether oxygens (including phenoxy) is 1. The van der Waals surface area contributed by atoms with Crippen molar-refractivity contribution < 1.29 is 14.3 Å². The summed E-state index contributed by atoms with van der Waals surface area (Å²) in [6, 6.07) is 3.80. The van der Waals surface area contributed by atoms with Gasteiger partial charge in [0.05, 0.1) is 18.1 Å². The third-order valence-electron chi connectivity index (χ3n) is 5.05. The standard InChI is InChI=1S/C18H25N3O3/c1-24-13-18(6-2-3-7-18)20-17(23)15-9-16(22)21(12-15)11-14-5-4-8-19-10-14/h4-5,8,10,15H,2-3,6-7,9,11-13H2,1H3,(H,20,23). The minimum absolute atomic E-state index is 0.0176. The maximum absolute atomic E-state index is 12.7. The van der Waals surface area contributed by atoms with Gasteiger partial charge in [-0.25, -0.2) is 0 Å². The molecular formula is C18H25N3O3. The van der Waals surface area contributed by atoms with E-state index in [1.165, 1.54) is 0 Å². The first-order valence-electron chi connectivity index (χ1n) is 8.59. The van der Waals surface area contributed by atoms with Gasteiger partial charge in [0.15, 0.2) is 0 Å². The minimum Gasteiger partial charge on any atom is -0.382 e. The quantitative estimate of drug-likeness (QED) is 0.858. The summed E-state index contributed by atoms with van der Waals surface area (Å²) in [4.78, 5) is 30.7. The third-order valence-corrected chi connectivity index (χ3v) is 5.05. The topological polar surface area (TPSA) is 71.5 Å². The SMILES string of the molecule is COCC1(NC(=O)C2CC(=O)N(Cc3cccnc3)C2)CCCC1. The summed E-state index contributed by atoms with van der Waals surface area (Å²) in [6.07, 6.45) is 7.88. The van der Waals surface area contributed by atoms with Crippen molar-refractivity contribution in [3.63, 3.8) is 0 Å². The number of methoxy groups -OCH3 is 1. The van der Waals surface area contributed by atoms with Gasteiger partial charge < -0.3 is 15.0 Å². The molecule has 1 saturated heterocycles. The summed E-state index contributed by atoms with van der Waals surface area (Å²) in [5, 5.41) is 3.19. The van der Waals surface area contributed by atoms with E-state index in [4.69, 9.17) is 4.74 Å². The van der Waals surface area contributed by atoms with Gasteiger partial charge in [-0.05, 0) is 24.5 Å². The molecule has 2 fully saturated rings. The Morgan fingerprint density at radius 3 is 2.92 bits per heavy atom. The van der Waals surface area contributed by atoms with E-state index in [1.807, 2.05) is 12.1 Å². The van der Waals surface area contributed by atoms with Crippen molar-refractivity contribution in [3.05, 3.63) is 30.1 Å². The van der Waals surface area contributed by atoms with Crippen molar-refractivity contribution in [3.8, 4) is 0 Å². The number of nitrogens with one attached hydrogen (secondary N) is 1. The fourth-order valence-electron chi connectivity index (χ4n) is 3.81. The fraction of sp³-hybridized carbons (Fsp3) is 0.611. The number of pyridine rings is 1. The van der Waals surface area contributed by atoms with Crippen LogP contribution in [0.3, 0.4) is 0 Å². The molecule has 6 heteroatoms. The number of likely N-dealkylation sites (tertiary alicyclic amines) is 1. The lowest BCUT2D eigenvalue weighted by molar-refractivity contribution is -0.130. The van der Waals surface area contributed by atoms with E-state index in [1.54, 1.807) is 24.4 Å². The van der Waals surface area contributed by atoms with Crippen LogP contribution in [0.4, 0.5) is 0 Å². The molecule has 0 bridgehead atoms. The molecule has 3 rings (SSSR count). The largest absolute Gasteiger partial charge is 0.382 e. The second kappa shape index (κ2) is 7.30. The van der Waals surface area contributed by atoms with Crippen molar-refractivity contribution in [2.75, 3.05) is 20.3 Å². The van der Waals surface area contributed by atoms with E-state index >= 15 is 0 Å². The first-order valence-corrected chi connectivity index (χ1v) is 8.59. The zero-order valence-electron chi connectivity index (χ0n) is 14.2. The number of amides is 2. The van der Waals surface area contributed by atoms with Gasteiger partial charge in [-0.15, -0.1) is 0 Å². The van der Waals surface area contributed by atoms with Crippen LogP contribution in [-0.2, 0) is 20.9 Å². The molecular weight excluding hydrogens is 306 g/mol. The summed E-state index contributed by atoms with van der Waals surface area (Å²) in [5.74, 6) is -0.259. The Morgan fingerprint density at radius 1 is 1.46 bits per heavy atom. The predicted molar refractivity (Wildman–Crippen MR) is 89.0 cm³/mol. The summed E-state index contributed by atoms with van der Waals surface area (Å²) in [7, 11) is 1.67. The van der Waals surface area contributed by atoms with Crippen molar-refractivity contribution in [2.24, 2.45) is 5.92 Å². The molecule has 24 heavy (non-hydrogen) atoms. The second-order valence-corrected chi connectivity index (χ2v) is 6.95. The Kier molecular flexibility index (Phi) is 5.14. The lowest BCUT2D eigenvalue weighted by Crippen LogP contribution is -2.51. The first kappa shape index (κ1) is 16.9. The fourth-order valence-corrected chi connectivity index (χ4v) is 3.81. The van der Waals surface area contributed by atoms with Crippen LogP contribution in [0.2, 0.25) is 0 Å². The monoisotopic (exact) mass is 331 g/mol. The van der Waals surface area contributed by atoms with Gasteiger partial charge in [0, 0.05) is 39.0 Å². The average molecular weight is 331 g/mol. The highest BCUT2D eigenvalue weighted by atomic mass is 16.5. The maximum atomic E-state index is 12.7. The number of aromatic nitrogens is 1. The van der Waals surface area contributed by atoms with E-state index in [9.17, 15) is 9.59 Å². The molecule has 1 atom stereocenters. The van der Waals surface area contributed by atoms with Crippen LogP contribution < -0.4 is 5.32 Å². The summed E-state index contributed by atoms with van der Waals surface area (Å²) in [6.45, 7) is 1.53. The van der Waals surface area contributed by atoms with Gasteiger partial charge in [-0.2, -0.15) is 0 Å². The van der Waals surface area contributed by atoms with Crippen molar-refractivity contribution in [2.45, 2.75) is 44.2 Å². The van der Waals surface area contributed by atoms with E-state index in [-0.39, 0.29) is 29.7 Å². The molecule has 0 radical (unpaired) electrons. The third kappa shape index (κ3) is 3.75.